The average molecular weight is 385 g/mol. The highest BCUT2D eigenvalue weighted by molar-refractivity contribution is 5.97. The molecule has 2 aromatic rings. The molecule has 2 aliphatic rings. The first kappa shape index (κ1) is 18.3. The van der Waals surface area contributed by atoms with Crippen LogP contribution in [-0.4, -0.2) is 35.3 Å². The Bertz CT molecular complexity index is 1070. The Hall–Kier alpha value is -3.08. The van der Waals surface area contributed by atoms with Crippen LogP contribution >= 0.6 is 0 Å². The number of halogens is 1. The van der Waals surface area contributed by atoms with Crippen molar-refractivity contribution in [3.05, 3.63) is 33.9 Å². The molecule has 3 heterocycles. The highest BCUT2D eigenvalue weighted by atomic mass is 19.1. The van der Waals surface area contributed by atoms with E-state index in [9.17, 15) is 14.7 Å². The van der Waals surface area contributed by atoms with Crippen LogP contribution in [0, 0.1) is 23.1 Å². The lowest BCUT2D eigenvalue weighted by molar-refractivity contribution is 0.0694. The maximum atomic E-state index is 15.1. The summed E-state index contributed by atoms with van der Waals surface area (Å²) < 4.78 is 22.7. The maximum Gasteiger partial charge on any atom is 0.341 e. The molecule has 1 aromatic heterocycles. The molecule has 0 unspecified atom stereocenters. The van der Waals surface area contributed by atoms with Gasteiger partial charge in [0, 0.05) is 25.7 Å². The number of hydrogen-bond donors (Lipinski definition) is 1. The predicted octanol–water partition coefficient (Wildman–Crippen LogP) is 2.92. The fourth-order valence-corrected chi connectivity index (χ4v) is 4.20. The van der Waals surface area contributed by atoms with E-state index in [2.05, 4.69) is 6.07 Å². The van der Waals surface area contributed by atoms with Gasteiger partial charge in [0.1, 0.15) is 17.9 Å². The monoisotopic (exact) mass is 385 g/mol. The largest absolute Gasteiger partial charge is 0.487 e. The molecule has 146 valence electrons. The van der Waals surface area contributed by atoms with Crippen LogP contribution in [0.2, 0.25) is 0 Å². The summed E-state index contributed by atoms with van der Waals surface area (Å²) in [6, 6.07) is 3.09. The molecule has 0 aliphatic carbocycles. The predicted molar refractivity (Wildman–Crippen MR) is 100 cm³/mol. The lowest BCUT2D eigenvalue weighted by atomic mass is 10.0. The molecule has 0 amide bonds. The fraction of sp³-hybridized carbons (Fsp3) is 0.450. The van der Waals surface area contributed by atoms with Crippen LogP contribution in [0.5, 0.6) is 5.75 Å². The molecule has 8 heteroatoms. The number of carbonyl (C=O) groups is 1. The number of hydrogen-bond acceptors (Lipinski definition) is 5. The number of benzene rings is 1. The minimum absolute atomic E-state index is 0.0166. The van der Waals surface area contributed by atoms with Gasteiger partial charge in [0.15, 0.2) is 11.6 Å². The molecule has 4 rings (SSSR count). The normalized spacial score (nSPS) is 20.8. The SMILES string of the molecule is C[C@H]1COc2c(N3CC[C@H](CCC#N)C3)c(F)cc3c(=O)c(C(=O)O)cn1c23. The minimum atomic E-state index is -1.33. The summed E-state index contributed by atoms with van der Waals surface area (Å²) in [4.78, 5) is 26.0. The van der Waals surface area contributed by atoms with Crippen molar-refractivity contribution >= 4 is 22.6 Å². The van der Waals surface area contributed by atoms with Crippen molar-refractivity contribution < 1.29 is 19.0 Å². The van der Waals surface area contributed by atoms with E-state index in [1.165, 1.54) is 6.20 Å². The van der Waals surface area contributed by atoms with Crippen molar-refractivity contribution in [3.8, 4) is 11.8 Å². The standard InChI is InChI=1S/C20H20FN3O4/c1-11-10-28-19-16-13(18(25)14(20(26)27)9-24(11)16)7-15(21)17(19)23-6-4-12(8-23)3-2-5-22/h7,9,11-12H,2-4,6,8,10H2,1H3,(H,26,27)/t11-,12-/m0/s1. The molecule has 1 saturated heterocycles. The highest BCUT2D eigenvalue weighted by Gasteiger charge is 2.32. The Kier molecular flexibility index (Phi) is 4.46. The molecule has 0 bridgehead atoms. The van der Waals surface area contributed by atoms with Gasteiger partial charge in [-0.05, 0) is 31.7 Å². The van der Waals surface area contributed by atoms with Crippen molar-refractivity contribution in [2.75, 3.05) is 24.6 Å². The number of carboxylic acid groups (broad SMARTS) is 1. The smallest absolute Gasteiger partial charge is 0.341 e. The molecule has 0 radical (unpaired) electrons. The first-order valence-corrected chi connectivity index (χ1v) is 9.31. The van der Waals surface area contributed by atoms with E-state index in [-0.39, 0.29) is 23.6 Å². The lowest BCUT2D eigenvalue weighted by Gasteiger charge is -2.31. The molecule has 7 nitrogen and oxygen atoms in total. The summed E-state index contributed by atoms with van der Waals surface area (Å²) in [5, 5.41) is 18.1. The first-order valence-electron chi connectivity index (χ1n) is 9.31. The lowest BCUT2D eigenvalue weighted by Crippen LogP contribution is -2.29. The number of rotatable bonds is 4. The van der Waals surface area contributed by atoms with Crippen molar-refractivity contribution in [3.63, 3.8) is 0 Å². The molecule has 1 aromatic carbocycles. The molecule has 2 atom stereocenters. The third-order valence-electron chi connectivity index (χ3n) is 5.64. The van der Waals surface area contributed by atoms with Crippen LogP contribution in [-0.2, 0) is 0 Å². The Balaban J connectivity index is 1.88. The summed E-state index contributed by atoms with van der Waals surface area (Å²) >= 11 is 0. The van der Waals surface area contributed by atoms with Crippen molar-refractivity contribution in [1.82, 2.24) is 4.57 Å². The molecule has 0 saturated carbocycles. The van der Waals surface area contributed by atoms with Gasteiger partial charge >= 0.3 is 5.97 Å². The Morgan fingerprint density at radius 3 is 3.00 bits per heavy atom. The van der Waals surface area contributed by atoms with Gasteiger partial charge in [0.25, 0.3) is 0 Å². The van der Waals surface area contributed by atoms with Crippen LogP contribution in [0.4, 0.5) is 10.1 Å². The van der Waals surface area contributed by atoms with Crippen LogP contribution in [0.1, 0.15) is 42.6 Å². The van der Waals surface area contributed by atoms with E-state index >= 15 is 4.39 Å². The number of pyridine rings is 1. The molecule has 1 N–H and O–H groups in total. The second kappa shape index (κ2) is 6.82. The molecular weight excluding hydrogens is 365 g/mol. The van der Waals surface area contributed by atoms with Crippen LogP contribution in [0.3, 0.4) is 0 Å². The van der Waals surface area contributed by atoms with Crippen LogP contribution < -0.4 is 15.1 Å². The van der Waals surface area contributed by atoms with E-state index in [1.807, 2.05) is 11.8 Å². The molecule has 1 fully saturated rings. The van der Waals surface area contributed by atoms with E-state index in [0.717, 1.165) is 18.9 Å². The first-order chi connectivity index (χ1) is 13.4. The van der Waals surface area contributed by atoms with Gasteiger partial charge in [-0.3, -0.25) is 4.79 Å². The number of nitrogens with zero attached hydrogens (tertiary/aromatic N) is 3. The molecule has 2 aliphatic heterocycles. The zero-order valence-electron chi connectivity index (χ0n) is 15.4. The number of aromatic nitrogens is 1. The van der Waals surface area contributed by atoms with Crippen molar-refractivity contribution in [2.24, 2.45) is 5.92 Å². The zero-order chi connectivity index (χ0) is 20.0. The average Bonchev–Trinajstić information content (AvgIpc) is 3.12. The van der Waals surface area contributed by atoms with Gasteiger partial charge in [0.2, 0.25) is 5.43 Å². The van der Waals surface area contributed by atoms with Gasteiger partial charge in [-0.15, -0.1) is 0 Å². The quantitative estimate of drug-likeness (QED) is 0.869. The van der Waals surface area contributed by atoms with E-state index in [1.54, 1.807) is 4.57 Å². The highest BCUT2D eigenvalue weighted by Crippen LogP contribution is 2.43. The molecular formula is C20H20FN3O4. The number of aromatic carboxylic acids is 1. The number of anilines is 1. The van der Waals surface area contributed by atoms with Crippen molar-refractivity contribution in [1.29, 1.82) is 5.26 Å². The summed E-state index contributed by atoms with van der Waals surface area (Å²) in [5.41, 5.74) is -0.339. The van der Waals surface area contributed by atoms with Gasteiger partial charge in [-0.25, -0.2) is 9.18 Å². The Morgan fingerprint density at radius 1 is 1.50 bits per heavy atom. The molecule has 0 spiro atoms. The maximum absolute atomic E-state index is 15.1. The molecule has 28 heavy (non-hydrogen) atoms. The number of carboxylic acids is 1. The zero-order valence-corrected chi connectivity index (χ0v) is 15.4. The van der Waals surface area contributed by atoms with Gasteiger partial charge < -0.3 is 19.3 Å². The Morgan fingerprint density at radius 2 is 2.29 bits per heavy atom. The summed E-state index contributed by atoms with van der Waals surface area (Å²) in [7, 11) is 0. The topological polar surface area (TPSA) is 95.6 Å². The Labute approximate surface area is 160 Å². The van der Waals surface area contributed by atoms with Gasteiger partial charge in [-0.1, -0.05) is 0 Å². The second-order valence-electron chi connectivity index (χ2n) is 7.47. The van der Waals surface area contributed by atoms with Gasteiger partial charge in [0.05, 0.1) is 23.0 Å². The van der Waals surface area contributed by atoms with Crippen LogP contribution in [0.15, 0.2) is 17.1 Å². The third kappa shape index (κ3) is 2.78. The number of ether oxygens (including phenoxy) is 1. The minimum Gasteiger partial charge on any atom is -0.487 e. The third-order valence-corrected chi connectivity index (χ3v) is 5.64. The van der Waals surface area contributed by atoms with E-state index in [0.29, 0.717) is 42.4 Å². The van der Waals surface area contributed by atoms with E-state index < -0.39 is 17.2 Å². The van der Waals surface area contributed by atoms with Crippen molar-refractivity contribution in [2.45, 2.75) is 32.2 Å². The van der Waals surface area contributed by atoms with E-state index in [4.69, 9.17) is 10.00 Å². The summed E-state index contributed by atoms with van der Waals surface area (Å²) in [6.07, 6.45) is 3.42. The second-order valence-corrected chi connectivity index (χ2v) is 7.47. The van der Waals surface area contributed by atoms with Gasteiger partial charge in [-0.2, -0.15) is 5.26 Å². The number of nitriles is 1. The summed E-state index contributed by atoms with van der Waals surface area (Å²) in [6.45, 7) is 3.37. The summed E-state index contributed by atoms with van der Waals surface area (Å²) in [5.74, 6) is -1.33. The fourth-order valence-electron chi connectivity index (χ4n) is 4.20. The van der Waals surface area contributed by atoms with Crippen LogP contribution in [0.25, 0.3) is 10.9 Å².